The van der Waals surface area contributed by atoms with Crippen molar-refractivity contribution < 1.29 is 33.0 Å². The van der Waals surface area contributed by atoms with Gasteiger partial charge in [-0.1, -0.05) is 0 Å². The molecule has 0 aliphatic heterocycles. The lowest BCUT2D eigenvalue weighted by molar-refractivity contribution is -0.145. The molecular weight excluding hydrogens is 504 g/mol. The quantitative estimate of drug-likeness (QED) is 0.362. The van der Waals surface area contributed by atoms with Crippen LogP contribution in [0.25, 0.3) is 10.2 Å². The molecule has 1 aromatic heterocycles. The van der Waals surface area contributed by atoms with Crippen molar-refractivity contribution in [2.75, 3.05) is 34.4 Å². The van der Waals surface area contributed by atoms with E-state index in [-0.39, 0.29) is 19.4 Å². The van der Waals surface area contributed by atoms with E-state index in [4.69, 9.17) is 9.47 Å². The zero-order valence-corrected chi connectivity index (χ0v) is 21.7. The number of carbonyl (C=O) groups is 2. The summed E-state index contributed by atoms with van der Waals surface area (Å²) in [6.45, 7) is 1.50. The smallest absolute Gasteiger partial charge is 0.304 e. The average Bonchev–Trinajstić information content (AvgIpc) is 3.39. The summed E-state index contributed by atoms with van der Waals surface area (Å²) in [5.74, 6) is -2.52. The van der Waals surface area contributed by atoms with Crippen LogP contribution in [-0.4, -0.2) is 61.2 Å². The van der Waals surface area contributed by atoms with Crippen LogP contribution in [0.4, 0.5) is 8.78 Å². The zero-order valence-electron chi connectivity index (χ0n) is 20.9. The van der Waals surface area contributed by atoms with Gasteiger partial charge in [0.25, 0.3) is 0 Å². The predicted molar refractivity (Wildman–Crippen MR) is 135 cm³/mol. The van der Waals surface area contributed by atoms with Crippen LogP contribution in [0.15, 0.2) is 24.3 Å². The van der Waals surface area contributed by atoms with Crippen LogP contribution >= 0.6 is 11.3 Å². The maximum Gasteiger partial charge on any atom is 0.304 e. The standard InChI is InChI=1S/C26H29F2N3O5S/c1-31(2)5-4-6-36-21-9-19-22(10-20(21)35-3)37-23(30-19)14-29-25(34)26(13-24(32)33)11-15-7-17(27)18(28)8-16(15)12-26/h7-10H,4-6,11-14H2,1-3H3,(H,29,34)(H,32,33). The lowest BCUT2D eigenvalue weighted by atomic mass is 9.80. The first kappa shape index (κ1) is 26.7. The van der Waals surface area contributed by atoms with Crippen molar-refractivity contribution in [1.82, 2.24) is 15.2 Å². The fourth-order valence-electron chi connectivity index (χ4n) is 4.64. The summed E-state index contributed by atoms with van der Waals surface area (Å²) in [5, 5.41) is 12.9. The largest absolute Gasteiger partial charge is 0.493 e. The molecule has 198 valence electrons. The number of hydrogen-bond acceptors (Lipinski definition) is 7. The highest BCUT2D eigenvalue weighted by atomic mass is 32.1. The number of nitrogens with one attached hydrogen (secondary N) is 1. The van der Waals surface area contributed by atoms with Crippen molar-refractivity contribution in [3.63, 3.8) is 0 Å². The highest BCUT2D eigenvalue weighted by Gasteiger charge is 2.46. The third kappa shape index (κ3) is 5.99. The number of carboxylic acids is 1. The van der Waals surface area contributed by atoms with Crippen LogP contribution in [0.5, 0.6) is 11.5 Å². The molecule has 0 atom stereocenters. The lowest BCUT2D eigenvalue weighted by Gasteiger charge is -2.25. The predicted octanol–water partition coefficient (Wildman–Crippen LogP) is 3.79. The van der Waals surface area contributed by atoms with Crippen molar-refractivity contribution in [3.8, 4) is 11.5 Å². The van der Waals surface area contributed by atoms with Gasteiger partial charge in [-0.25, -0.2) is 13.8 Å². The third-order valence-corrected chi connectivity index (χ3v) is 7.42. The van der Waals surface area contributed by atoms with E-state index in [0.29, 0.717) is 39.8 Å². The number of benzene rings is 2. The Morgan fingerprint density at radius 2 is 1.81 bits per heavy atom. The van der Waals surface area contributed by atoms with E-state index in [1.54, 1.807) is 13.2 Å². The Hall–Kier alpha value is -3.31. The minimum Gasteiger partial charge on any atom is -0.493 e. The molecule has 3 aromatic rings. The van der Waals surface area contributed by atoms with E-state index in [1.807, 2.05) is 20.2 Å². The Morgan fingerprint density at radius 1 is 1.14 bits per heavy atom. The van der Waals surface area contributed by atoms with Gasteiger partial charge in [0.15, 0.2) is 23.1 Å². The molecule has 2 aromatic carbocycles. The number of carbonyl (C=O) groups excluding carboxylic acids is 1. The van der Waals surface area contributed by atoms with Gasteiger partial charge in [0.2, 0.25) is 5.91 Å². The summed E-state index contributed by atoms with van der Waals surface area (Å²) in [5.41, 5.74) is 0.250. The van der Waals surface area contributed by atoms with Gasteiger partial charge in [-0.3, -0.25) is 9.59 Å². The topological polar surface area (TPSA) is 101 Å². The minimum absolute atomic E-state index is 0.0171. The number of halogens is 2. The first-order valence-electron chi connectivity index (χ1n) is 11.8. The minimum atomic E-state index is -1.33. The highest BCUT2D eigenvalue weighted by molar-refractivity contribution is 7.18. The molecule has 1 aliphatic carbocycles. The Balaban J connectivity index is 1.48. The zero-order chi connectivity index (χ0) is 26.7. The molecule has 4 rings (SSSR count). The summed E-state index contributed by atoms with van der Waals surface area (Å²) >= 11 is 1.37. The number of fused-ring (bicyclic) bond motifs is 2. The van der Waals surface area contributed by atoms with E-state index in [2.05, 4.69) is 15.2 Å². The lowest BCUT2D eigenvalue weighted by Crippen LogP contribution is -2.43. The van der Waals surface area contributed by atoms with Gasteiger partial charge < -0.3 is 24.8 Å². The molecule has 0 saturated carbocycles. The summed E-state index contributed by atoms with van der Waals surface area (Å²) in [6.07, 6.45) is 0.429. The molecule has 0 fully saturated rings. The fraction of sp³-hybridized carbons (Fsp3) is 0.423. The number of carboxylic acid groups (broad SMARTS) is 1. The second kappa shape index (κ2) is 11.0. The third-order valence-electron chi connectivity index (χ3n) is 6.40. The Bertz CT molecular complexity index is 1300. The second-order valence-electron chi connectivity index (χ2n) is 9.51. The fourth-order valence-corrected chi connectivity index (χ4v) is 5.56. The highest BCUT2D eigenvalue weighted by Crippen LogP contribution is 2.41. The molecule has 1 amide bonds. The van der Waals surface area contributed by atoms with Crippen molar-refractivity contribution >= 4 is 33.4 Å². The van der Waals surface area contributed by atoms with E-state index in [0.717, 1.165) is 29.8 Å². The molecule has 1 heterocycles. The number of hydrogen-bond donors (Lipinski definition) is 2. The van der Waals surface area contributed by atoms with Crippen molar-refractivity contribution in [2.45, 2.75) is 32.2 Å². The molecule has 37 heavy (non-hydrogen) atoms. The van der Waals surface area contributed by atoms with Crippen molar-refractivity contribution in [2.24, 2.45) is 5.41 Å². The molecule has 0 saturated heterocycles. The van der Waals surface area contributed by atoms with Crippen LogP contribution in [0.2, 0.25) is 0 Å². The van der Waals surface area contributed by atoms with Gasteiger partial charge >= 0.3 is 5.97 Å². The normalized spacial score (nSPS) is 14.1. The monoisotopic (exact) mass is 533 g/mol. The number of ether oxygens (including phenoxy) is 2. The summed E-state index contributed by atoms with van der Waals surface area (Å²) in [7, 11) is 5.56. The van der Waals surface area contributed by atoms with Gasteiger partial charge in [0.1, 0.15) is 5.01 Å². The number of methoxy groups -OCH3 is 1. The molecule has 8 nitrogen and oxygen atoms in total. The Labute approximate surface area is 217 Å². The average molecular weight is 534 g/mol. The Morgan fingerprint density at radius 3 is 2.41 bits per heavy atom. The number of aliphatic carboxylic acids is 1. The van der Waals surface area contributed by atoms with Crippen LogP contribution < -0.4 is 14.8 Å². The van der Waals surface area contributed by atoms with E-state index in [1.165, 1.54) is 11.3 Å². The molecule has 1 aliphatic rings. The molecule has 0 bridgehead atoms. The maximum atomic E-state index is 13.7. The molecule has 2 N–H and O–H groups in total. The molecular formula is C26H29F2N3O5S. The number of nitrogens with zero attached hydrogens (tertiary/aromatic N) is 2. The first-order chi connectivity index (χ1) is 17.6. The van der Waals surface area contributed by atoms with Gasteiger partial charge in [-0.15, -0.1) is 11.3 Å². The SMILES string of the molecule is COc1cc2sc(CNC(=O)C3(CC(=O)O)Cc4cc(F)c(F)cc4C3)nc2cc1OCCCN(C)C. The molecule has 0 unspecified atom stereocenters. The van der Waals surface area contributed by atoms with Gasteiger partial charge in [0, 0.05) is 18.7 Å². The number of amides is 1. The molecule has 11 heteroatoms. The second-order valence-corrected chi connectivity index (χ2v) is 10.6. The molecule has 0 spiro atoms. The van der Waals surface area contributed by atoms with Gasteiger partial charge in [-0.2, -0.15) is 0 Å². The molecule has 0 radical (unpaired) electrons. The van der Waals surface area contributed by atoms with Crippen LogP contribution in [0.3, 0.4) is 0 Å². The summed E-state index contributed by atoms with van der Waals surface area (Å²) < 4.78 is 39.7. The van der Waals surface area contributed by atoms with E-state index < -0.39 is 35.3 Å². The first-order valence-corrected chi connectivity index (χ1v) is 12.6. The van der Waals surface area contributed by atoms with E-state index >= 15 is 0 Å². The van der Waals surface area contributed by atoms with Gasteiger partial charge in [0.05, 0.1) is 42.3 Å². The van der Waals surface area contributed by atoms with Gasteiger partial charge in [-0.05, 0) is 56.6 Å². The number of rotatable bonds is 11. The summed E-state index contributed by atoms with van der Waals surface area (Å²) in [6, 6.07) is 5.72. The van der Waals surface area contributed by atoms with Crippen LogP contribution in [0, 0.1) is 17.0 Å². The van der Waals surface area contributed by atoms with Crippen LogP contribution in [-0.2, 0) is 29.0 Å². The maximum absolute atomic E-state index is 13.7. The van der Waals surface area contributed by atoms with Crippen molar-refractivity contribution in [1.29, 1.82) is 0 Å². The Kier molecular flexibility index (Phi) is 7.93. The van der Waals surface area contributed by atoms with Crippen LogP contribution in [0.1, 0.15) is 29.0 Å². The number of thiazole rings is 1. The van der Waals surface area contributed by atoms with Crippen molar-refractivity contribution in [3.05, 3.63) is 52.0 Å². The number of aromatic nitrogens is 1. The summed E-state index contributed by atoms with van der Waals surface area (Å²) in [4.78, 5) is 31.5. The van der Waals surface area contributed by atoms with E-state index in [9.17, 15) is 23.5 Å².